The summed E-state index contributed by atoms with van der Waals surface area (Å²) in [5, 5.41) is 5.63. The van der Waals surface area contributed by atoms with Crippen LogP contribution in [-0.2, 0) is 9.53 Å². The van der Waals surface area contributed by atoms with Crippen molar-refractivity contribution in [3.63, 3.8) is 0 Å². The lowest BCUT2D eigenvalue weighted by Crippen LogP contribution is -2.31. The van der Waals surface area contributed by atoms with E-state index in [1.807, 2.05) is 37.3 Å². The predicted molar refractivity (Wildman–Crippen MR) is 102 cm³/mol. The first kappa shape index (κ1) is 20.1. The van der Waals surface area contributed by atoms with E-state index in [1.165, 1.54) is 7.11 Å². The van der Waals surface area contributed by atoms with Crippen molar-refractivity contribution >= 4 is 17.7 Å². The van der Waals surface area contributed by atoms with Gasteiger partial charge in [-0.25, -0.2) is 9.59 Å². The molecule has 0 aromatic heterocycles. The molecule has 0 aliphatic heterocycles. The van der Waals surface area contributed by atoms with E-state index in [0.717, 1.165) is 5.56 Å². The van der Waals surface area contributed by atoms with Gasteiger partial charge in [-0.05, 0) is 43.7 Å². The SMILES string of the molecule is CCOC(=O)COc1ccc([C@@H](C)NC(=O)Nc2ccccc2)cc1OC. The fourth-order valence-electron chi connectivity index (χ4n) is 2.38. The second-order valence-electron chi connectivity index (χ2n) is 5.69. The Labute approximate surface area is 158 Å². The third-order valence-electron chi connectivity index (χ3n) is 3.72. The molecule has 2 aromatic rings. The average Bonchev–Trinajstić information content (AvgIpc) is 2.67. The zero-order valence-corrected chi connectivity index (χ0v) is 15.7. The Bertz CT molecular complexity index is 764. The van der Waals surface area contributed by atoms with Gasteiger partial charge in [0, 0.05) is 5.69 Å². The number of benzene rings is 2. The lowest BCUT2D eigenvalue weighted by molar-refractivity contribution is -0.145. The van der Waals surface area contributed by atoms with E-state index in [4.69, 9.17) is 14.2 Å². The molecule has 2 rings (SSSR count). The topological polar surface area (TPSA) is 85.9 Å². The normalized spacial score (nSPS) is 11.2. The Morgan fingerprint density at radius 1 is 1.07 bits per heavy atom. The first-order chi connectivity index (χ1) is 13.0. The number of esters is 1. The minimum atomic E-state index is -0.448. The van der Waals surface area contributed by atoms with Gasteiger partial charge in [0.2, 0.25) is 0 Å². The van der Waals surface area contributed by atoms with Gasteiger partial charge in [-0.1, -0.05) is 24.3 Å². The number of rotatable bonds is 8. The zero-order valence-electron chi connectivity index (χ0n) is 15.7. The van der Waals surface area contributed by atoms with E-state index in [9.17, 15) is 9.59 Å². The Kier molecular flexibility index (Phi) is 7.49. The molecular formula is C20H24N2O5. The minimum Gasteiger partial charge on any atom is -0.493 e. The Hall–Kier alpha value is -3.22. The highest BCUT2D eigenvalue weighted by Crippen LogP contribution is 2.30. The van der Waals surface area contributed by atoms with Crippen molar-refractivity contribution in [2.75, 3.05) is 25.6 Å². The fourth-order valence-corrected chi connectivity index (χ4v) is 2.38. The zero-order chi connectivity index (χ0) is 19.6. The molecule has 0 radical (unpaired) electrons. The molecule has 144 valence electrons. The number of hydrogen-bond acceptors (Lipinski definition) is 5. The maximum atomic E-state index is 12.1. The second kappa shape index (κ2) is 10.1. The van der Waals surface area contributed by atoms with Crippen LogP contribution in [0.25, 0.3) is 0 Å². The Balaban J connectivity index is 1.98. The maximum Gasteiger partial charge on any atom is 0.344 e. The summed E-state index contributed by atoms with van der Waals surface area (Å²) in [6.45, 7) is 3.69. The number of nitrogens with one attached hydrogen (secondary N) is 2. The molecule has 0 spiro atoms. The highest BCUT2D eigenvalue weighted by atomic mass is 16.6. The van der Waals surface area contributed by atoms with Crippen molar-refractivity contribution in [3.8, 4) is 11.5 Å². The van der Waals surface area contributed by atoms with Crippen LogP contribution in [0.2, 0.25) is 0 Å². The Morgan fingerprint density at radius 3 is 2.48 bits per heavy atom. The molecule has 0 unspecified atom stereocenters. The molecule has 27 heavy (non-hydrogen) atoms. The van der Waals surface area contributed by atoms with Gasteiger partial charge in [0.15, 0.2) is 18.1 Å². The van der Waals surface area contributed by atoms with Crippen molar-refractivity contribution < 1.29 is 23.8 Å². The molecule has 7 heteroatoms. The number of hydrogen-bond donors (Lipinski definition) is 2. The van der Waals surface area contributed by atoms with E-state index < -0.39 is 5.97 Å². The summed E-state index contributed by atoms with van der Waals surface area (Å²) in [4.78, 5) is 23.5. The number of amides is 2. The van der Waals surface area contributed by atoms with Gasteiger partial charge in [0.25, 0.3) is 0 Å². The van der Waals surface area contributed by atoms with Crippen LogP contribution in [0.5, 0.6) is 11.5 Å². The molecule has 2 aromatic carbocycles. The van der Waals surface area contributed by atoms with E-state index in [-0.39, 0.29) is 18.7 Å². The monoisotopic (exact) mass is 372 g/mol. The average molecular weight is 372 g/mol. The highest BCUT2D eigenvalue weighted by molar-refractivity contribution is 5.89. The summed E-state index contributed by atoms with van der Waals surface area (Å²) >= 11 is 0. The largest absolute Gasteiger partial charge is 0.493 e. The third-order valence-corrected chi connectivity index (χ3v) is 3.72. The fraction of sp³-hybridized carbons (Fsp3) is 0.300. The Morgan fingerprint density at radius 2 is 1.81 bits per heavy atom. The van der Waals surface area contributed by atoms with Crippen LogP contribution in [-0.4, -0.2) is 32.3 Å². The quantitative estimate of drug-likeness (QED) is 0.693. The molecule has 0 fully saturated rings. The molecule has 2 N–H and O–H groups in total. The van der Waals surface area contributed by atoms with E-state index >= 15 is 0 Å². The van der Waals surface area contributed by atoms with Crippen molar-refractivity contribution in [1.29, 1.82) is 0 Å². The van der Waals surface area contributed by atoms with Crippen molar-refractivity contribution in [3.05, 3.63) is 54.1 Å². The molecular weight excluding hydrogens is 348 g/mol. The summed E-state index contributed by atoms with van der Waals surface area (Å²) in [5.41, 5.74) is 1.54. The van der Waals surface area contributed by atoms with Gasteiger partial charge in [-0.2, -0.15) is 0 Å². The van der Waals surface area contributed by atoms with Crippen LogP contribution >= 0.6 is 0 Å². The van der Waals surface area contributed by atoms with Gasteiger partial charge >= 0.3 is 12.0 Å². The van der Waals surface area contributed by atoms with E-state index in [1.54, 1.807) is 25.1 Å². The van der Waals surface area contributed by atoms with E-state index in [2.05, 4.69) is 10.6 Å². The van der Waals surface area contributed by atoms with Crippen molar-refractivity contribution in [1.82, 2.24) is 5.32 Å². The number of para-hydroxylation sites is 1. The molecule has 0 heterocycles. The van der Waals surface area contributed by atoms with E-state index in [0.29, 0.717) is 23.8 Å². The summed E-state index contributed by atoms with van der Waals surface area (Å²) < 4.78 is 15.6. The summed E-state index contributed by atoms with van der Waals surface area (Å²) in [6, 6.07) is 13.9. The number of urea groups is 1. The summed E-state index contributed by atoms with van der Waals surface area (Å²) in [6.07, 6.45) is 0. The number of carbonyl (C=O) groups excluding carboxylic acids is 2. The van der Waals surface area contributed by atoms with Crippen LogP contribution in [0.4, 0.5) is 10.5 Å². The van der Waals surface area contributed by atoms with Gasteiger partial charge in [0.1, 0.15) is 0 Å². The summed E-state index contributed by atoms with van der Waals surface area (Å²) in [5.74, 6) is 0.445. The number of anilines is 1. The van der Waals surface area contributed by atoms with Crippen LogP contribution in [0.3, 0.4) is 0 Å². The second-order valence-corrected chi connectivity index (χ2v) is 5.69. The van der Waals surface area contributed by atoms with Gasteiger partial charge < -0.3 is 24.8 Å². The smallest absolute Gasteiger partial charge is 0.344 e. The van der Waals surface area contributed by atoms with Crippen molar-refractivity contribution in [2.24, 2.45) is 0 Å². The number of carbonyl (C=O) groups is 2. The first-order valence-corrected chi connectivity index (χ1v) is 8.62. The summed E-state index contributed by atoms with van der Waals surface area (Å²) in [7, 11) is 1.51. The standard InChI is InChI=1S/C20H24N2O5/c1-4-26-19(23)13-27-17-11-10-15(12-18(17)25-3)14(2)21-20(24)22-16-8-6-5-7-9-16/h5-12,14H,4,13H2,1-3H3,(H2,21,22,24)/t14-/m1/s1. The lowest BCUT2D eigenvalue weighted by atomic mass is 10.1. The van der Waals surface area contributed by atoms with Crippen molar-refractivity contribution in [2.45, 2.75) is 19.9 Å². The van der Waals surface area contributed by atoms with Gasteiger partial charge in [-0.3, -0.25) is 0 Å². The van der Waals surface area contributed by atoms with Crippen LogP contribution in [0, 0.1) is 0 Å². The van der Waals surface area contributed by atoms with Crippen LogP contribution in [0.15, 0.2) is 48.5 Å². The van der Waals surface area contributed by atoms with Crippen LogP contribution in [0.1, 0.15) is 25.5 Å². The molecule has 0 bridgehead atoms. The van der Waals surface area contributed by atoms with Gasteiger partial charge in [0.05, 0.1) is 19.8 Å². The minimum absolute atomic E-state index is 0.198. The molecule has 0 saturated heterocycles. The lowest BCUT2D eigenvalue weighted by Gasteiger charge is -2.17. The number of methoxy groups -OCH3 is 1. The number of ether oxygens (including phenoxy) is 3. The highest BCUT2D eigenvalue weighted by Gasteiger charge is 2.14. The predicted octanol–water partition coefficient (Wildman–Crippen LogP) is 3.52. The molecule has 2 amide bonds. The van der Waals surface area contributed by atoms with Gasteiger partial charge in [-0.15, -0.1) is 0 Å². The molecule has 1 atom stereocenters. The van der Waals surface area contributed by atoms with Crippen LogP contribution < -0.4 is 20.1 Å². The molecule has 7 nitrogen and oxygen atoms in total. The first-order valence-electron chi connectivity index (χ1n) is 8.62. The third kappa shape index (κ3) is 6.22. The molecule has 0 aliphatic rings. The molecule has 0 saturated carbocycles. The maximum absolute atomic E-state index is 12.1. The molecule has 0 aliphatic carbocycles.